The van der Waals surface area contributed by atoms with E-state index in [1.165, 1.54) is 12.1 Å². The molecule has 0 aliphatic carbocycles. The molecule has 2 aromatic rings. The third-order valence-corrected chi connectivity index (χ3v) is 5.61. The van der Waals surface area contributed by atoms with E-state index in [2.05, 4.69) is 0 Å². The Labute approximate surface area is 177 Å². The molecule has 1 aliphatic rings. The first-order chi connectivity index (χ1) is 13.6. The van der Waals surface area contributed by atoms with Crippen LogP contribution >= 0.6 is 23.2 Å². The summed E-state index contributed by atoms with van der Waals surface area (Å²) in [6.45, 7) is 2.74. The maximum atomic E-state index is 13.5. The molecule has 0 radical (unpaired) electrons. The van der Waals surface area contributed by atoms with Crippen molar-refractivity contribution in [2.75, 3.05) is 23.7 Å². The molecule has 0 spiro atoms. The Morgan fingerprint density at radius 2 is 1.93 bits per heavy atom. The molecule has 2 N–H and O–H groups in total. The molecule has 0 aromatic heterocycles. The zero-order valence-corrected chi connectivity index (χ0v) is 17.2. The van der Waals surface area contributed by atoms with E-state index >= 15 is 0 Å². The van der Waals surface area contributed by atoms with Gasteiger partial charge in [0.25, 0.3) is 0 Å². The monoisotopic (exact) mass is 445 g/mol. The molecule has 156 valence electrons. The number of hydrogen-bond acceptors (Lipinski definition) is 3. The van der Waals surface area contributed by atoms with Gasteiger partial charge in [0.2, 0.25) is 5.91 Å². The fraction of sp³-hybridized carbons (Fsp3) is 0.350. The van der Waals surface area contributed by atoms with E-state index in [1.54, 1.807) is 28.0 Å². The molecule has 1 heterocycles. The van der Waals surface area contributed by atoms with E-state index in [1.807, 2.05) is 6.92 Å². The molecule has 1 amide bonds. The molecule has 29 heavy (non-hydrogen) atoms. The standard InChI is InChI=1S/C20H20Cl2F3N3O/c1-2-27-11-15(9-19(27)29)28(14-4-6-18(26)17(22)8-14)10-12-7-13(21)3-5-16(12)20(23,24)25/h3-8,15H,2,9-11,26H2,1H3/t15-/m0/s1. The molecule has 1 saturated heterocycles. The number of carbonyl (C=O) groups is 1. The Morgan fingerprint density at radius 1 is 1.21 bits per heavy atom. The second-order valence-electron chi connectivity index (χ2n) is 6.92. The quantitative estimate of drug-likeness (QED) is 0.641. The van der Waals surface area contributed by atoms with Crippen molar-refractivity contribution in [1.29, 1.82) is 0 Å². The number of benzene rings is 2. The highest BCUT2D eigenvalue weighted by Crippen LogP contribution is 2.36. The summed E-state index contributed by atoms with van der Waals surface area (Å²) in [7, 11) is 0. The van der Waals surface area contributed by atoms with Gasteiger partial charge in [-0.05, 0) is 48.9 Å². The maximum absolute atomic E-state index is 13.5. The molecule has 0 saturated carbocycles. The van der Waals surface area contributed by atoms with E-state index in [0.717, 1.165) is 6.07 Å². The first-order valence-corrected chi connectivity index (χ1v) is 9.80. The van der Waals surface area contributed by atoms with E-state index < -0.39 is 11.7 Å². The first kappa shape index (κ1) is 21.6. The summed E-state index contributed by atoms with van der Waals surface area (Å²) in [5, 5.41) is 0.507. The van der Waals surface area contributed by atoms with Crippen LogP contribution < -0.4 is 10.6 Å². The van der Waals surface area contributed by atoms with E-state index in [4.69, 9.17) is 28.9 Å². The number of rotatable bonds is 5. The normalized spacial score (nSPS) is 17.1. The topological polar surface area (TPSA) is 49.6 Å². The van der Waals surface area contributed by atoms with Crippen molar-refractivity contribution in [1.82, 2.24) is 4.90 Å². The summed E-state index contributed by atoms with van der Waals surface area (Å²) in [4.78, 5) is 15.7. The minimum atomic E-state index is -4.52. The van der Waals surface area contributed by atoms with Crippen molar-refractivity contribution in [3.05, 3.63) is 57.6 Å². The predicted octanol–water partition coefficient (Wildman–Crippen LogP) is 5.22. The fourth-order valence-electron chi connectivity index (χ4n) is 3.54. The average molecular weight is 446 g/mol. The summed E-state index contributed by atoms with van der Waals surface area (Å²) in [5.74, 6) is -0.0359. The average Bonchev–Trinajstić information content (AvgIpc) is 3.01. The van der Waals surface area contributed by atoms with Gasteiger partial charge >= 0.3 is 6.18 Å². The van der Waals surface area contributed by atoms with Gasteiger partial charge in [-0.1, -0.05) is 23.2 Å². The lowest BCUT2D eigenvalue weighted by molar-refractivity contribution is -0.138. The largest absolute Gasteiger partial charge is 0.416 e. The second kappa shape index (κ2) is 8.32. The molecule has 4 nitrogen and oxygen atoms in total. The summed E-state index contributed by atoms with van der Waals surface area (Å²) in [6, 6.07) is 8.10. The molecule has 1 fully saturated rings. The first-order valence-electron chi connectivity index (χ1n) is 9.05. The van der Waals surface area contributed by atoms with Crippen LogP contribution in [0.1, 0.15) is 24.5 Å². The van der Waals surface area contributed by atoms with Crippen molar-refractivity contribution in [3.8, 4) is 0 Å². The number of amides is 1. The van der Waals surface area contributed by atoms with E-state index in [-0.39, 0.29) is 35.5 Å². The minimum Gasteiger partial charge on any atom is -0.398 e. The molecule has 1 aliphatic heterocycles. The lowest BCUT2D eigenvalue weighted by Gasteiger charge is -2.32. The molecular weight excluding hydrogens is 426 g/mol. The summed E-state index contributed by atoms with van der Waals surface area (Å²) >= 11 is 12.1. The number of hydrogen-bond donors (Lipinski definition) is 1. The second-order valence-corrected chi connectivity index (χ2v) is 7.77. The Morgan fingerprint density at radius 3 is 2.52 bits per heavy atom. The highest BCUT2D eigenvalue weighted by molar-refractivity contribution is 6.33. The van der Waals surface area contributed by atoms with Crippen LogP contribution in [0.5, 0.6) is 0 Å². The van der Waals surface area contributed by atoms with Crippen LogP contribution in [0.3, 0.4) is 0 Å². The van der Waals surface area contributed by atoms with Crippen LogP contribution in [-0.4, -0.2) is 29.9 Å². The minimum absolute atomic E-state index is 0.0281. The number of likely N-dealkylation sites (N-methyl/N-ethyl adjacent to an activating group) is 1. The number of alkyl halides is 3. The molecule has 0 bridgehead atoms. The third-order valence-electron chi connectivity index (χ3n) is 5.05. The molecule has 9 heteroatoms. The van der Waals surface area contributed by atoms with Gasteiger partial charge in [0, 0.05) is 36.8 Å². The highest BCUT2D eigenvalue weighted by Gasteiger charge is 2.37. The molecular formula is C20H20Cl2F3N3O. The Bertz CT molecular complexity index is 920. The molecule has 1 atom stereocenters. The zero-order valence-electron chi connectivity index (χ0n) is 15.6. The molecule has 3 rings (SSSR count). The van der Waals surface area contributed by atoms with Gasteiger partial charge in [0.05, 0.1) is 22.3 Å². The maximum Gasteiger partial charge on any atom is 0.416 e. The summed E-state index contributed by atoms with van der Waals surface area (Å²) < 4.78 is 40.6. The summed E-state index contributed by atoms with van der Waals surface area (Å²) in [6.07, 6.45) is -4.32. The third kappa shape index (κ3) is 4.73. The van der Waals surface area contributed by atoms with Crippen LogP contribution in [0.15, 0.2) is 36.4 Å². The van der Waals surface area contributed by atoms with Crippen LogP contribution in [0.4, 0.5) is 24.5 Å². The van der Waals surface area contributed by atoms with Crippen molar-refractivity contribution < 1.29 is 18.0 Å². The Hall–Kier alpha value is -2.12. The number of nitrogens with two attached hydrogens (primary N) is 1. The Balaban J connectivity index is 2.04. The molecule has 2 aromatic carbocycles. The van der Waals surface area contributed by atoms with Gasteiger partial charge in [-0.3, -0.25) is 4.79 Å². The van der Waals surface area contributed by atoms with Crippen molar-refractivity contribution in [2.24, 2.45) is 0 Å². The predicted molar refractivity (Wildman–Crippen MR) is 109 cm³/mol. The lowest BCUT2D eigenvalue weighted by Crippen LogP contribution is -2.37. The SMILES string of the molecule is CCN1C[C@@H](N(Cc2cc(Cl)ccc2C(F)(F)F)c2ccc(N)c(Cl)c2)CC1=O. The van der Waals surface area contributed by atoms with Crippen molar-refractivity contribution >= 4 is 40.5 Å². The van der Waals surface area contributed by atoms with Gasteiger partial charge in [0.1, 0.15) is 0 Å². The van der Waals surface area contributed by atoms with Gasteiger partial charge in [-0.25, -0.2) is 0 Å². The number of carbonyl (C=O) groups excluding carboxylic acids is 1. The van der Waals surface area contributed by atoms with Crippen LogP contribution in [0.2, 0.25) is 10.0 Å². The molecule has 0 unspecified atom stereocenters. The van der Waals surface area contributed by atoms with Gasteiger partial charge in [-0.15, -0.1) is 0 Å². The zero-order chi connectivity index (χ0) is 21.3. The number of nitrogen functional groups attached to an aromatic ring is 1. The number of halogens is 5. The van der Waals surface area contributed by atoms with Crippen LogP contribution in [0, 0.1) is 0 Å². The number of likely N-dealkylation sites (tertiary alicyclic amines) is 1. The summed E-state index contributed by atoms with van der Waals surface area (Å²) in [5.41, 5.74) is 6.01. The van der Waals surface area contributed by atoms with Crippen LogP contribution in [-0.2, 0) is 17.5 Å². The number of anilines is 2. The van der Waals surface area contributed by atoms with Gasteiger partial charge < -0.3 is 15.5 Å². The smallest absolute Gasteiger partial charge is 0.398 e. The lowest BCUT2D eigenvalue weighted by atomic mass is 10.0. The van der Waals surface area contributed by atoms with Gasteiger partial charge in [-0.2, -0.15) is 13.2 Å². The number of nitrogens with zero attached hydrogens (tertiary/aromatic N) is 2. The van der Waals surface area contributed by atoms with Crippen LogP contribution in [0.25, 0.3) is 0 Å². The highest BCUT2D eigenvalue weighted by atomic mass is 35.5. The van der Waals surface area contributed by atoms with Crippen molar-refractivity contribution in [3.63, 3.8) is 0 Å². The Kier molecular flexibility index (Phi) is 6.19. The van der Waals surface area contributed by atoms with Gasteiger partial charge in [0.15, 0.2) is 0 Å². The van der Waals surface area contributed by atoms with E-state index in [0.29, 0.717) is 29.5 Å². The van der Waals surface area contributed by atoms with Crippen molar-refractivity contribution in [2.45, 2.75) is 32.1 Å². The van der Waals surface area contributed by atoms with E-state index in [9.17, 15) is 18.0 Å². The fourth-order valence-corrected chi connectivity index (χ4v) is 3.91.